The van der Waals surface area contributed by atoms with Crippen molar-refractivity contribution in [2.45, 2.75) is 13.2 Å². The minimum absolute atomic E-state index is 0.259. The zero-order valence-corrected chi connectivity index (χ0v) is 17.9. The molecule has 0 saturated carbocycles. The van der Waals surface area contributed by atoms with Crippen LogP contribution in [0.25, 0.3) is 0 Å². The molecule has 0 fully saturated rings. The van der Waals surface area contributed by atoms with Gasteiger partial charge < -0.3 is 10.1 Å². The van der Waals surface area contributed by atoms with Gasteiger partial charge in [-0.15, -0.1) is 0 Å². The third-order valence-electron chi connectivity index (χ3n) is 5.55. The molecule has 1 heterocycles. The van der Waals surface area contributed by atoms with Gasteiger partial charge in [0.2, 0.25) is 0 Å². The average molecular weight is 434 g/mol. The Hall–Kier alpha value is -4.38. The molecule has 0 saturated heterocycles. The van der Waals surface area contributed by atoms with Gasteiger partial charge in [0, 0.05) is 11.4 Å². The van der Waals surface area contributed by atoms with Gasteiger partial charge >= 0.3 is 0 Å². The first-order chi connectivity index (χ1) is 16.2. The standard InChI is InChI=1S/C28H22N2O3/c31-27-25-16-13-23(17-26(25)28(32)30(27)18-20-7-3-1-4-8-20)29-22-11-14-24(15-12-22)33-19-21-9-5-2-6-10-21/h1-17,29H,18-19H2. The molecule has 1 N–H and O–H groups in total. The molecule has 2 amide bonds. The van der Waals surface area contributed by atoms with Gasteiger partial charge in [-0.1, -0.05) is 60.7 Å². The van der Waals surface area contributed by atoms with E-state index in [-0.39, 0.29) is 18.4 Å². The van der Waals surface area contributed by atoms with Crippen LogP contribution < -0.4 is 10.1 Å². The van der Waals surface area contributed by atoms with Crippen molar-refractivity contribution in [1.82, 2.24) is 4.90 Å². The monoisotopic (exact) mass is 434 g/mol. The minimum atomic E-state index is -0.271. The van der Waals surface area contributed by atoms with E-state index in [2.05, 4.69) is 5.32 Å². The quantitative estimate of drug-likeness (QED) is 0.373. The smallest absolute Gasteiger partial charge is 0.261 e. The Balaban J connectivity index is 1.26. The number of carbonyl (C=O) groups is 2. The number of amides is 2. The van der Waals surface area contributed by atoms with Crippen LogP contribution in [0, 0.1) is 0 Å². The van der Waals surface area contributed by atoms with Gasteiger partial charge in [-0.2, -0.15) is 0 Å². The summed E-state index contributed by atoms with van der Waals surface area (Å²) < 4.78 is 5.83. The first-order valence-electron chi connectivity index (χ1n) is 10.8. The average Bonchev–Trinajstić information content (AvgIpc) is 3.09. The summed E-state index contributed by atoms with van der Waals surface area (Å²) in [5, 5.41) is 3.30. The van der Waals surface area contributed by atoms with E-state index < -0.39 is 0 Å². The van der Waals surface area contributed by atoms with Crippen LogP contribution in [-0.4, -0.2) is 16.7 Å². The number of hydrogen-bond donors (Lipinski definition) is 1. The third-order valence-corrected chi connectivity index (χ3v) is 5.55. The minimum Gasteiger partial charge on any atom is -0.489 e. The van der Waals surface area contributed by atoms with E-state index in [9.17, 15) is 9.59 Å². The maximum atomic E-state index is 12.9. The van der Waals surface area contributed by atoms with Crippen LogP contribution in [0.4, 0.5) is 11.4 Å². The summed E-state index contributed by atoms with van der Waals surface area (Å²) in [7, 11) is 0. The van der Waals surface area contributed by atoms with Crippen LogP contribution in [0.15, 0.2) is 103 Å². The highest BCUT2D eigenvalue weighted by Crippen LogP contribution is 2.29. The number of rotatable bonds is 7. The van der Waals surface area contributed by atoms with Crippen LogP contribution in [0.2, 0.25) is 0 Å². The van der Waals surface area contributed by atoms with E-state index in [0.29, 0.717) is 17.7 Å². The fraction of sp³-hybridized carbons (Fsp3) is 0.0714. The van der Waals surface area contributed by atoms with Crippen LogP contribution in [0.3, 0.4) is 0 Å². The number of nitrogens with one attached hydrogen (secondary N) is 1. The van der Waals surface area contributed by atoms with E-state index in [0.717, 1.165) is 28.3 Å². The van der Waals surface area contributed by atoms with Crippen molar-refractivity contribution in [2.24, 2.45) is 0 Å². The SMILES string of the molecule is O=C1c2ccc(Nc3ccc(OCc4ccccc4)cc3)cc2C(=O)N1Cc1ccccc1. The molecular weight excluding hydrogens is 412 g/mol. The summed E-state index contributed by atoms with van der Waals surface area (Å²) in [4.78, 5) is 27.0. The fourth-order valence-electron chi connectivity index (χ4n) is 3.82. The molecule has 0 radical (unpaired) electrons. The molecule has 0 atom stereocenters. The Morgan fingerprint density at radius 1 is 0.636 bits per heavy atom. The molecule has 4 aromatic carbocycles. The lowest BCUT2D eigenvalue weighted by Gasteiger charge is -2.13. The lowest BCUT2D eigenvalue weighted by Crippen LogP contribution is -2.29. The van der Waals surface area contributed by atoms with Crippen molar-refractivity contribution < 1.29 is 14.3 Å². The molecule has 1 aliphatic rings. The maximum Gasteiger partial charge on any atom is 0.261 e. The number of anilines is 2. The number of imide groups is 1. The third kappa shape index (κ3) is 4.48. The molecule has 0 spiro atoms. The molecule has 5 rings (SSSR count). The second kappa shape index (κ2) is 9.01. The zero-order chi connectivity index (χ0) is 22.6. The molecule has 162 valence electrons. The lowest BCUT2D eigenvalue weighted by molar-refractivity contribution is 0.0642. The molecule has 4 aromatic rings. The molecule has 1 aliphatic heterocycles. The summed E-state index contributed by atoms with van der Waals surface area (Å²) >= 11 is 0. The zero-order valence-electron chi connectivity index (χ0n) is 17.9. The van der Waals surface area contributed by atoms with Gasteiger partial charge in [0.15, 0.2) is 0 Å². The topological polar surface area (TPSA) is 58.6 Å². The molecule has 33 heavy (non-hydrogen) atoms. The molecule has 0 unspecified atom stereocenters. The Kier molecular flexibility index (Phi) is 5.60. The van der Waals surface area contributed by atoms with Crippen molar-refractivity contribution in [3.05, 3.63) is 125 Å². The number of nitrogens with zero attached hydrogens (tertiary/aromatic N) is 1. The summed E-state index contributed by atoms with van der Waals surface area (Å²) in [6, 6.07) is 32.4. The van der Waals surface area contributed by atoms with E-state index in [1.165, 1.54) is 4.90 Å². The largest absolute Gasteiger partial charge is 0.489 e. The van der Waals surface area contributed by atoms with Crippen LogP contribution in [0.5, 0.6) is 5.75 Å². The van der Waals surface area contributed by atoms with Crippen molar-refractivity contribution in [1.29, 1.82) is 0 Å². The highest BCUT2D eigenvalue weighted by Gasteiger charge is 2.35. The van der Waals surface area contributed by atoms with Gasteiger partial charge in [0.1, 0.15) is 12.4 Å². The normalized spacial score (nSPS) is 12.5. The highest BCUT2D eigenvalue weighted by molar-refractivity contribution is 6.21. The number of ether oxygens (including phenoxy) is 1. The van der Waals surface area contributed by atoms with Crippen molar-refractivity contribution in [3.8, 4) is 5.75 Å². The molecule has 5 heteroatoms. The van der Waals surface area contributed by atoms with E-state index >= 15 is 0 Å². The van der Waals surface area contributed by atoms with Crippen LogP contribution in [0.1, 0.15) is 31.8 Å². The molecule has 0 aromatic heterocycles. The number of hydrogen-bond acceptors (Lipinski definition) is 4. The van der Waals surface area contributed by atoms with Gasteiger partial charge in [-0.25, -0.2) is 0 Å². The van der Waals surface area contributed by atoms with E-state index in [1.54, 1.807) is 12.1 Å². The summed E-state index contributed by atoms with van der Waals surface area (Å²) in [6.45, 7) is 0.772. The van der Waals surface area contributed by atoms with E-state index in [4.69, 9.17) is 4.74 Å². The van der Waals surface area contributed by atoms with Gasteiger partial charge in [0.25, 0.3) is 11.8 Å². The van der Waals surface area contributed by atoms with E-state index in [1.807, 2.05) is 91.0 Å². The predicted molar refractivity (Wildman–Crippen MR) is 128 cm³/mol. The van der Waals surface area contributed by atoms with Gasteiger partial charge in [0.05, 0.1) is 17.7 Å². The van der Waals surface area contributed by atoms with Crippen LogP contribution >= 0.6 is 0 Å². The van der Waals surface area contributed by atoms with Crippen molar-refractivity contribution in [2.75, 3.05) is 5.32 Å². The molecule has 5 nitrogen and oxygen atoms in total. The Bertz CT molecular complexity index is 1290. The van der Waals surface area contributed by atoms with Gasteiger partial charge in [-0.3, -0.25) is 14.5 Å². The lowest BCUT2D eigenvalue weighted by atomic mass is 10.1. The van der Waals surface area contributed by atoms with Crippen molar-refractivity contribution >= 4 is 23.2 Å². The maximum absolute atomic E-state index is 12.9. The molecular formula is C28H22N2O3. The summed E-state index contributed by atoms with van der Waals surface area (Å²) in [5.41, 5.74) is 4.49. The van der Waals surface area contributed by atoms with Crippen molar-refractivity contribution in [3.63, 3.8) is 0 Å². The van der Waals surface area contributed by atoms with Crippen LogP contribution in [-0.2, 0) is 13.2 Å². The van der Waals surface area contributed by atoms with Gasteiger partial charge in [-0.05, 0) is 53.6 Å². The predicted octanol–water partition coefficient (Wildman–Crippen LogP) is 5.81. The summed E-state index contributed by atoms with van der Waals surface area (Å²) in [6.07, 6.45) is 0. The number of benzene rings is 4. The Morgan fingerprint density at radius 2 is 1.24 bits per heavy atom. The number of carbonyl (C=O) groups excluding carboxylic acids is 2. The second-order valence-electron chi connectivity index (χ2n) is 7.87. The number of fused-ring (bicyclic) bond motifs is 1. The fourth-order valence-corrected chi connectivity index (χ4v) is 3.82. The second-order valence-corrected chi connectivity index (χ2v) is 7.87. The molecule has 0 bridgehead atoms. The first-order valence-corrected chi connectivity index (χ1v) is 10.8. The molecule has 0 aliphatic carbocycles. The Morgan fingerprint density at radius 3 is 1.94 bits per heavy atom. The first kappa shape index (κ1) is 20.5. The highest BCUT2D eigenvalue weighted by atomic mass is 16.5. The Labute approximate surface area is 192 Å². The summed E-state index contributed by atoms with van der Waals surface area (Å²) in [5.74, 6) is 0.244.